The van der Waals surface area contributed by atoms with Crippen LogP contribution in [0.15, 0.2) is 23.1 Å². The van der Waals surface area contributed by atoms with Gasteiger partial charge in [0, 0.05) is 4.90 Å². The fourth-order valence-electron chi connectivity index (χ4n) is 0.683. The number of thiol groups is 1. The largest absolute Gasteiger partial charge is 2.00 e. The van der Waals surface area contributed by atoms with Gasteiger partial charge in [-0.05, 0) is 18.2 Å². The van der Waals surface area contributed by atoms with Gasteiger partial charge in [0.1, 0.15) is 5.82 Å². The fraction of sp³-hybridized carbons (Fsp3) is 0.143. The summed E-state index contributed by atoms with van der Waals surface area (Å²) in [5, 5.41) is 0. The van der Waals surface area contributed by atoms with Gasteiger partial charge in [0.05, 0.1) is 5.56 Å². The molecular weight excluding hydrogens is 376 g/mol. The second kappa shape index (κ2) is 8.16. The quantitative estimate of drug-likeness (QED) is 0.273. The molecular formula is C7H4Br2F4MgS. The maximum Gasteiger partial charge on any atom is 2.00 e. The molecule has 0 aliphatic carbocycles. The van der Waals surface area contributed by atoms with Crippen molar-refractivity contribution in [3.8, 4) is 0 Å². The van der Waals surface area contributed by atoms with Gasteiger partial charge in [-0.15, -0.1) is 12.6 Å². The zero-order valence-electron chi connectivity index (χ0n) is 7.15. The Balaban J connectivity index is -0.000000480. The number of benzene rings is 1. The van der Waals surface area contributed by atoms with Crippen molar-refractivity contribution in [2.75, 3.05) is 0 Å². The third-order valence-corrected chi connectivity index (χ3v) is 1.64. The molecule has 0 aromatic heterocycles. The Kier molecular flexibility index (Phi) is 11.6. The summed E-state index contributed by atoms with van der Waals surface area (Å²) in [6, 6.07) is 2.18. The van der Waals surface area contributed by atoms with Gasteiger partial charge in [-0.2, -0.15) is 13.2 Å². The standard InChI is InChI=1S/C7H4F4S.2BrH.Mg/c8-5-3-4(7(9,10)11)1-2-6(5)12;;;/h1-3,12H;2*1H;/q;;;+2/p-2. The number of halogens is 6. The third kappa shape index (κ3) is 6.35. The molecule has 0 spiro atoms. The Hall–Kier alpha value is 1.02. The maximum absolute atomic E-state index is 12.5. The molecule has 15 heavy (non-hydrogen) atoms. The molecule has 0 saturated heterocycles. The first kappa shape index (κ1) is 21.3. The zero-order chi connectivity index (χ0) is 9.35. The van der Waals surface area contributed by atoms with Crippen molar-refractivity contribution < 1.29 is 51.5 Å². The third-order valence-electron chi connectivity index (χ3n) is 1.28. The first-order chi connectivity index (χ1) is 5.41. The molecule has 82 valence electrons. The van der Waals surface area contributed by atoms with Crippen molar-refractivity contribution in [3.05, 3.63) is 29.6 Å². The van der Waals surface area contributed by atoms with Crippen molar-refractivity contribution in [3.63, 3.8) is 0 Å². The van der Waals surface area contributed by atoms with Crippen LogP contribution in [0.25, 0.3) is 0 Å². The second-order valence-corrected chi connectivity index (χ2v) is 2.65. The molecule has 0 N–H and O–H groups in total. The molecule has 0 atom stereocenters. The van der Waals surface area contributed by atoms with Crippen LogP contribution in [0.5, 0.6) is 0 Å². The van der Waals surface area contributed by atoms with Crippen LogP contribution in [0.4, 0.5) is 17.6 Å². The molecule has 1 aromatic carbocycles. The molecule has 8 heteroatoms. The van der Waals surface area contributed by atoms with Gasteiger partial charge in [0.15, 0.2) is 0 Å². The van der Waals surface area contributed by atoms with Gasteiger partial charge < -0.3 is 34.0 Å². The summed E-state index contributed by atoms with van der Waals surface area (Å²) >= 11 is 3.60. The summed E-state index contributed by atoms with van der Waals surface area (Å²) in [4.78, 5) is -0.0944. The molecule has 0 amide bonds. The van der Waals surface area contributed by atoms with E-state index in [1.165, 1.54) is 0 Å². The van der Waals surface area contributed by atoms with Gasteiger partial charge in [0.2, 0.25) is 0 Å². The molecule has 0 bridgehead atoms. The molecule has 0 aliphatic rings. The second-order valence-electron chi connectivity index (χ2n) is 2.16. The van der Waals surface area contributed by atoms with E-state index in [1.54, 1.807) is 0 Å². The predicted molar refractivity (Wildman–Crippen MR) is 44.4 cm³/mol. The Morgan fingerprint density at radius 2 is 1.53 bits per heavy atom. The topological polar surface area (TPSA) is 0 Å². The maximum atomic E-state index is 12.5. The van der Waals surface area contributed by atoms with Crippen LogP contribution in [0.1, 0.15) is 5.56 Å². The molecule has 0 fully saturated rings. The van der Waals surface area contributed by atoms with Gasteiger partial charge in [-0.3, -0.25) is 0 Å². The predicted octanol–water partition coefficient (Wildman–Crippen LogP) is -3.24. The van der Waals surface area contributed by atoms with E-state index in [4.69, 9.17) is 0 Å². The molecule has 0 saturated carbocycles. The molecule has 1 rings (SSSR count). The van der Waals surface area contributed by atoms with Crippen LogP contribution in [0.2, 0.25) is 0 Å². The van der Waals surface area contributed by atoms with E-state index >= 15 is 0 Å². The van der Waals surface area contributed by atoms with E-state index in [1.807, 2.05) is 0 Å². The summed E-state index contributed by atoms with van der Waals surface area (Å²) < 4.78 is 48.3. The first-order valence-corrected chi connectivity index (χ1v) is 3.41. The molecule has 0 nitrogen and oxygen atoms in total. The van der Waals surface area contributed by atoms with Crippen molar-refractivity contribution in [1.29, 1.82) is 0 Å². The molecule has 0 radical (unpaired) electrons. The van der Waals surface area contributed by atoms with Crippen molar-refractivity contribution in [2.45, 2.75) is 11.1 Å². The first-order valence-electron chi connectivity index (χ1n) is 2.97. The summed E-state index contributed by atoms with van der Waals surface area (Å²) in [7, 11) is 0. The normalized spacial score (nSPS) is 9.40. The molecule has 0 aliphatic heterocycles. The van der Waals surface area contributed by atoms with Gasteiger partial charge in [-0.25, -0.2) is 4.39 Å². The van der Waals surface area contributed by atoms with E-state index in [9.17, 15) is 17.6 Å². The van der Waals surface area contributed by atoms with E-state index in [0.717, 1.165) is 12.1 Å². The zero-order valence-corrected chi connectivity index (χ0v) is 12.6. The molecule has 0 heterocycles. The average molecular weight is 380 g/mol. The van der Waals surface area contributed by atoms with Crippen molar-refractivity contribution in [1.82, 2.24) is 0 Å². The van der Waals surface area contributed by atoms with Crippen molar-refractivity contribution in [2.24, 2.45) is 0 Å². The van der Waals surface area contributed by atoms with Crippen LogP contribution in [-0.4, -0.2) is 23.1 Å². The van der Waals surface area contributed by atoms with E-state index < -0.39 is 17.6 Å². The van der Waals surface area contributed by atoms with Gasteiger partial charge in [0.25, 0.3) is 0 Å². The SMILES string of the molecule is Fc1cc(C(F)(F)F)ccc1S.[Br-].[Br-].[Mg+2]. The smallest absolute Gasteiger partial charge is 1.00 e. The van der Waals surface area contributed by atoms with E-state index in [-0.39, 0.29) is 61.9 Å². The summed E-state index contributed by atoms with van der Waals surface area (Å²) in [5.41, 5.74) is -1.00. The van der Waals surface area contributed by atoms with E-state index in [2.05, 4.69) is 12.6 Å². The van der Waals surface area contributed by atoms with Crippen LogP contribution in [0, 0.1) is 5.82 Å². The minimum atomic E-state index is -4.50. The Labute approximate surface area is 127 Å². The van der Waals surface area contributed by atoms with Crippen LogP contribution < -0.4 is 34.0 Å². The number of rotatable bonds is 0. The Morgan fingerprint density at radius 1 is 1.07 bits per heavy atom. The summed E-state index contributed by atoms with van der Waals surface area (Å²) in [6.07, 6.45) is -4.50. The van der Waals surface area contributed by atoms with Crippen molar-refractivity contribution >= 4 is 35.7 Å². The Bertz CT molecular complexity index is 306. The molecule has 0 unspecified atom stereocenters. The number of alkyl halides is 3. The minimum absolute atomic E-state index is 0. The van der Waals surface area contributed by atoms with Crippen LogP contribution >= 0.6 is 12.6 Å². The van der Waals surface area contributed by atoms with Crippen LogP contribution in [0.3, 0.4) is 0 Å². The van der Waals surface area contributed by atoms with Gasteiger partial charge in [-0.1, -0.05) is 0 Å². The number of hydrogen-bond acceptors (Lipinski definition) is 1. The van der Waals surface area contributed by atoms with Gasteiger partial charge >= 0.3 is 29.2 Å². The minimum Gasteiger partial charge on any atom is -1.00 e. The Morgan fingerprint density at radius 3 is 1.87 bits per heavy atom. The fourth-order valence-corrected chi connectivity index (χ4v) is 0.822. The number of hydrogen-bond donors (Lipinski definition) is 1. The monoisotopic (exact) mass is 378 g/mol. The van der Waals surface area contributed by atoms with E-state index in [0.29, 0.717) is 6.07 Å². The molecule has 1 aromatic rings. The van der Waals surface area contributed by atoms with Crippen LogP contribution in [-0.2, 0) is 6.18 Å². The summed E-state index contributed by atoms with van der Waals surface area (Å²) in [6.45, 7) is 0. The average Bonchev–Trinajstić information content (AvgIpc) is 1.92. The summed E-state index contributed by atoms with van der Waals surface area (Å²) in [5.74, 6) is -0.965.